The van der Waals surface area contributed by atoms with Gasteiger partial charge in [-0.2, -0.15) is 5.10 Å². The maximum atomic E-state index is 12.9. The van der Waals surface area contributed by atoms with E-state index in [-0.39, 0.29) is 0 Å². The van der Waals surface area contributed by atoms with Crippen LogP contribution in [0.5, 0.6) is 0 Å². The van der Waals surface area contributed by atoms with E-state index in [0.29, 0.717) is 35.7 Å². The Kier molecular flexibility index (Phi) is 5.06. The van der Waals surface area contributed by atoms with Gasteiger partial charge in [-0.15, -0.1) is 0 Å². The van der Waals surface area contributed by atoms with E-state index in [1.54, 1.807) is 6.20 Å². The van der Waals surface area contributed by atoms with Gasteiger partial charge in [0.25, 0.3) is 0 Å². The molecule has 1 amide bonds. The van der Waals surface area contributed by atoms with E-state index in [4.69, 9.17) is 0 Å². The van der Waals surface area contributed by atoms with Gasteiger partial charge in [0.1, 0.15) is 0 Å². The van der Waals surface area contributed by atoms with Crippen LogP contribution in [0, 0.1) is 17.8 Å². The van der Waals surface area contributed by atoms with E-state index in [1.165, 1.54) is 25.0 Å². The molecule has 0 aromatic carbocycles. The molecule has 3 aliphatic heterocycles. The highest BCUT2D eigenvalue weighted by atomic mass is 16.2. The number of rotatable bonds is 5. The van der Waals surface area contributed by atoms with Crippen LogP contribution in [0.4, 0.5) is 0 Å². The first-order valence-corrected chi connectivity index (χ1v) is 11.4. The van der Waals surface area contributed by atoms with Crippen LogP contribution >= 0.6 is 0 Å². The molecule has 6 heteroatoms. The summed E-state index contributed by atoms with van der Waals surface area (Å²) in [5.74, 6) is 2.32. The van der Waals surface area contributed by atoms with E-state index in [0.717, 1.165) is 49.9 Å². The summed E-state index contributed by atoms with van der Waals surface area (Å²) in [6.45, 7) is 7.66. The number of aromatic nitrogens is 3. The summed E-state index contributed by atoms with van der Waals surface area (Å²) in [6.07, 6.45) is 8.46. The number of nitrogens with zero attached hydrogens (tertiary/aromatic N) is 4. The fourth-order valence-electron chi connectivity index (χ4n) is 6.12. The summed E-state index contributed by atoms with van der Waals surface area (Å²) < 4.78 is 0. The number of H-pyrrole nitrogens is 1. The van der Waals surface area contributed by atoms with Gasteiger partial charge in [0, 0.05) is 49.7 Å². The van der Waals surface area contributed by atoms with Crippen LogP contribution in [0.3, 0.4) is 0 Å². The van der Waals surface area contributed by atoms with Gasteiger partial charge in [-0.05, 0) is 62.0 Å². The Bertz CT molecular complexity index is 877. The number of hydrogen-bond donors (Lipinski definition) is 1. The predicted octanol–water partition coefficient (Wildman–Crippen LogP) is 3.60. The molecule has 3 aliphatic rings. The molecule has 5 heterocycles. The molecule has 1 N–H and O–H groups in total. The molecule has 0 radical (unpaired) electrons. The van der Waals surface area contributed by atoms with Crippen molar-refractivity contribution in [1.82, 2.24) is 25.0 Å². The van der Waals surface area contributed by atoms with Gasteiger partial charge in [0.15, 0.2) is 5.65 Å². The average Bonchev–Trinajstić information content (AvgIpc) is 3.11. The Morgan fingerprint density at radius 2 is 2.14 bits per heavy atom. The lowest BCUT2D eigenvalue weighted by atomic mass is 9.70. The van der Waals surface area contributed by atoms with E-state index >= 15 is 0 Å². The molecule has 2 bridgehead atoms. The number of nitrogens with one attached hydrogen (secondary N) is 1. The number of hydrogen-bond acceptors (Lipinski definition) is 4. The van der Waals surface area contributed by atoms with E-state index in [1.807, 2.05) is 6.07 Å². The highest BCUT2D eigenvalue weighted by Gasteiger charge is 2.49. The molecule has 2 aromatic rings. The minimum Gasteiger partial charge on any atom is -0.336 e. The van der Waals surface area contributed by atoms with Crippen molar-refractivity contribution in [3.8, 4) is 0 Å². The minimum atomic E-state index is 0.420. The summed E-state index contributed by atoms with van der Waals surface area (Å²) in [7, 11) is 0. The van der Waals surface area contributed by atoms with Gasteiger partial charge < -0.3 is 4.90 Å². The monoisotopic (exact) mass is 395 g/mol. The largest absolute Gasteiger partial charge is 0.336 e. The fraction of sp³-hybridized carbons (Fsp3) is 0.696. The third-order valence-corrected chi connectivity index (χ3v) is 7.40. The second kappa shape index (κ2) is 7.71. The third kappa shape index (κ3) is 3.56. The van der Waals surface area contributed by atoms with Crippen LogP contribution < -0.4 is 0 Å². The lowest BCUT2D eigenvalue weighted by Crippen LogP contribution is -2.64. The zero-order chi connectivity index (χ0) is 20.0. The second-order valence-corrected chi connectivity index (χ2v) is 9.83. The minimum absolute atomic E-state index is 0.420. The van der Waals surface area contributed by atoms with Gasteiger partial charge in [0.05, 0.1) is 5.69 Å². The number of aromatic amines is 1. The van der Waals surface area contributed by atoms with Gasteiger partial charge >= 0.3 is 0 Å². The molecule has 2 aromatic heterocycles. The average molecular weight is 396 g/mol. The Labute approximate surface area is 173 Å². The fourth-order valence-corrected chi connectivity index (χ4v) is 6.12. The second-order valence-electron chi connectivity index (χ2n) is 9.83. The van der Waals surface area contributed by atoms with Gasteiger partial charge in [-0.25, -0.2) is 4.98 Å². The smallest absolute Gasteiger partial charge is 0.223 e. The van der Waals surface area contributed by atoms with Crippen molar-refractivity contribution in [2.45, 2.75) is 71.0 Å². The van der Waals surface area contributed by atoms with E-state index < -0.39 is 0 Å². The maximum absolute atomic E-state index is 12.9. The third-order valence-electron chi connectivity index (χ3n) is 7.40. The summed E-state index contributed by atoms with van der Waals surface area (Å²) in [5.41, 5.74) is 1.97. The van der Waals surface area contributed by atoms with Crippen molar-refractivity contribution >= 4 is 16.9 Å². The normalized spacial score (nSPS) is 30.2. The number of fused-ring (bicyclic) bond motifs is 5. The van der Waals surface area contributed by atoms with Crippen molar-refractivity contribution in [3.63, 3.8) is 0 Å². The first-order valence-electron chi connectivity index (χ1n) is 11.4. The van der Waals surface area contributed by atoms with Crippen molar-refractivity contribution < 1.29 is 4.79 Å². The van der Waals surface area contributed by atoms with E-state index in [2.05, 4.69) is 44.9 Å². The lowest BCUT2D eigenvalue weighted by Gasteiger charge is -2.57. The molecule has 3 fully saturated rings. The molecule has 6 nitrogen and oxygen atoms in total. The number of carbonyl (C=O) groups is 1. The quantitative estimate of drug-likeness (QED) is 0.840. The number of pyridine rings is 1. The van der Waals surface area contributed by atoms with Gasteiger partial charge in [-0.1, -0.05) is 13.8 Å². The molecule has 0 aliphatic carbocycles. The molecule has 156 valence electrons. The van der Waals surface area contributed by atoms with Crippen LogP contribution in [-0.4, -0.2) is 56.1 Å². The van der Waals surface area contributed by atoms with Crippen LogP contribution in [0.25, 0.3) is 11.0 Å². The number of carbonyl (C=O) groups excluding carboxylic acids is 1. The van der Waals surface area contributed by atoms with E-state index in [9.17, 15) is 4.79 Å². The molecule has 0 unspecified atom stereocenters. The van der Waals surface area contributed by atoms with Crippen LogP contribution in [0.15, 0.2) is 18.3 Å². The van der Waals surface area contributed by atoms with Crippen molar-refractivity contribution in [2.75, 3.05) is 13.1 Å². The first kappa shape index (κ1) is 19.0. The molecule has 0 saturated carbocycles. The van der Waals surface area contributed by atoms with Crippen molar-refractivity contribution in [3.05, 3.63) is 24.0 Å². The first-order chi connectivity index (χ1) is 14.1. The summed E-state index contributed by atoms with van der Waals surface area (Å²) in [5, 5.41) is 8.74. The van der Waals surface area contributed by atoms with Gasteiger partial charge in [-0.3, -0.25) is 14.8 Å². The van der Waals surface area contributed by atoms with Crippen LogP contribution in [-0.2, 0) is 11.3 Å². The Hall–Kier alpha value is -1.95. The lowest BCUT2D eigenvalue weighted by molar-refractivity contribution is -0.153. The van der Waals surface area contributed by atoms with Crippen LogP contribution in [0.1, 0.15) is 58.1 Å². The number of amides is 1. The standard InChI is InChI=1S/C23H33N5O/c1-15(2)8-9-21-17-11-16(20-6-3-7-22(29)28(20)21)12-27(13-17)14-19-18-5-4-10-24-23(18)26-25-19/h4-5,10,15-17,20-21H,3,6-9,11-14H2,1-2H3,(H,24,25,26)/t16-,17+,20+,21+/m1/s1. The summed E-state index contributed by atoms with van der Waals surface area (Å²) in [6, 6.07) is 4.97. The molecule has 5 rings (SSSR count). The molecular formula is C23H33N5O. The molecule has 3 saturated heterocycles. The zero-order valence-electron chi connectivity index (χ0n) is 17.7. The summed E-state index contributed by atoms with van der Waals surface area (Å²) >= 11 is 0. The Balaban J connectivity index is 1.38. The van der Waals surface area contributed by atoms with Crippen LogP contribution in [0.2, 0.25) is 0 Å². The predicted molar refractivity (Wildman–Crippen MR) is 113 cm³/mol. The number of likely N-dealkylation sites (tertiary alicyclic amines) is 1. The molecular weight excluding hydrogens is 362 g/mol. The van der Waals surface area contributed by atoms with Crippen molar-refractivity contribution in [1.29, 1.82) is 0 Å². The number of piperidine rings is 3. The highest BCUT2D eigenvalue weighted by molar-refractivity contribution is 5.78. The highest BCUT2D eigenvalue weighted by Crippen LogP contribution is 2.43. The maximum Gasteiger partial charge on any atom is 0.223 e. The molecule has 0 spiro atoms. The molecule has 4 atom stereocenters. The summed E-state index contributed by atoms with van der Waals surface area (Å²) in [4.78, 5) is 22.2. The molecule has 29 heavy (non-hydrogen) atoms. The topological polar surface area (TPSA) is 65.1 Å². The van der Waals surface area contributed by atoms with Crippen molar-refractivity contribution in [2.24, 2.45) is 17.8 Å². The van der Waals surface area contributed by atoms with Gasteiger partial charge in [0.2, 0.25) is 5.91 Å². The zero-order valence-corrected chi connectivity index (χ0v) is 17.7. The Morgan fingerprint density at radius 3 is 3.00 bits per heavy atom. The Morgan fingerprint density at radius 1 is 1.28 bits per heavy atom. The SMILES string of the molecule is CC(C)CC[C@H]1[C@H]2C[C@H](CN(Cc3[nH]nc4ncccc34)C2)[C@@H]2CCCC(=O)N21.